The average Bonchev–Trinajstić information content (AvgIpc) is 2.28. The largest absolute Gasteiger partial charge is 0.466 e. The summed E-state index contributed by atoms with van der Waals surface area (Å²) in [6.07, 6.45) is 2.36. The summed E-state index contributed by atoms with van der Waals surface area (Å²) < 4.78 is 4.88. The number of carbonyl (C=O) groups excluding carboxylic acids is 1. The van der Waals surface area contributed by atoms with Crippen molar-refractivity contribution in [1.82, 2.24) is 4.90 Å². The van der Waals surface area contributed by atoms with Crippen LogP contribution in [0.1, 0.15) is 46.5 Å². The number of esters is 1. The van der Waals surface area contributed by atoms with Crippen molar-refractivity contribution < 1.29 is 14.6 Å². The van der Waals surface area contributed by atoms with E-state index in [0.717, 1.165) is 25.9 Å². The van der Waals surface area contributed by atoms with Crippen molar-refractivity contribution in [1.29, 1.82) is 0 Å². The lowest BCUT2D eigenvalue weighted by molar-refractivity contribution is -0.145. The first kappa shape index (κ1) is 14.5. The molecule has 1 heterocycles. The molecule has 1 rings (SSSR count). The molecule has 0 aromatic carbocycles. The summed E-state index contributed by atoms with van der Waals surface area (Å²) in [6.45, 7) is 8.38. The van der Waals surface area contributed by atoms with Crippen LogP contribution in [-0.2, 0) is 9.53 Å². The molecule has 0 atom stereocenters. The molecule has 4 heteroatoms. The van der Waals surface area contributed by atoms with E-state index >= 15 is 0 Å². The van der Waals surface area contributed by atoms with Crippen LogP contribution in [0.3, 0.4) is 0 Å². The molecule has 0 bridgehead atoms. The summed E-state index contributed by atoms with van der Waals surface area (Å²) in [6, 6.07) is 0.532. The van der Waals surface area contributed by atoms with Crippen LogP contribution in [0.4, 0.5) is 0 Å². The highest BCUT2D eigenvalue weighted by Crippen LogP contribution is 2.27. The normalized spacial score (nSPS) is 20.5. The van der Waals surface area contributed by atoms with Gasteiger partial charge in [0.15, 0.2) is 0 Å². The predicted molar refractivity (Wildman–Crippen MR) is 66.8 cm³/mol. The summed E-state index contributed by atoms with van der Waals surface area (Å²) in [5, 5.41) is 10.4. The first-order chi connectivity index (χ1) is 7.97. The lowest BCUT2D eigenvalue weighted by atomic mass is 9.86. The molecule has 0 spiro atoms. The fraction of sp³-hybridized carbons (Fsp3) is 0.923. The zero-order chi connectivity index (χ0) is 12.9. The molecule has 1 saturated heterocycles. The molecule has 1 N–H and O–H groups in total. The third-order valence-corrected chi connectivity index (χ3v) is 3.56. The number of ether oxygens (including phenoxy) is 1. The number of piperidine rings is 1. The van der Waals surface area contributed by atoms with Gasteiger partial charge in [-0.05, 0) is 40.0 Å². The Hall–Kier alpha value is -0.610. The van der Waals surface area contributed by atoms with Gasteiger partial charge in [0.2, 0.25) is 0 Å². The van der Waals surface area contributed by atoms with Crippen molar-refractivity contribution in [3.63, 3.8) is 0 Å². The topological polar surface area (TPSA) is 49.8 Å². The second kappa shape index (κ2) is 6.36. The molecule has 4 nitrogen and oxygen atoms in total. The first-order valence-electron chi connectivity index (χ1n) is 6.59. The van der Waals surface area contributed by atoms with Crippen LogP contribution < -0.4 is 0 Å². The highest BCUT2D eigenvalue weighted by atomic mass is 16.5. The van der Waals surface area contributed by atoms with Gasteiger partial charge in [0.05, 0.1) is 12.2 Å². The lowest BCUT2D eigenvalue weighted by Gasteiger charge is -2.39. The fourth-order valence-corrected chi connectivity index (χ4v) is 2.27. The zero-order valence-corrected chi connectivity index (χ0v) is 11.2. The van der Waals surface area contributed by atoms with Crippen molar-refractivity contribution in [2.45, 2.75) is 58.1 Å². The summed E-state index contributed by atoms with van der Waals surface area (Å²) >= 11 is 0. The van der Waals surface area contributed by atoms with Crippen LogP contribution in [0.15, 0.2) is 0 Å². The maximum atomic E-state index is 11.3. The van der Waals surface area contributed by atoms with E-state index in [2.05, 4.69) is 18.7 Å². The molecule has 1 fully saturated rings. The minimum absolute atomic E-state index is 0.202. The van der Waals surface area contributed by atoms with E-state index in [-0.39, 0.29) is 5.97 Å². The SMILES string of the molecule is CCOC(=O)CCC1(O)CCN(C(C)C)CC1. The van der Waals surface area contributed by atoms with Crippen LogP contribution in [0.5, 0.6) is 0 Å². The minimum Gasteiger partial charge on any atom is -0.466 e. The molecular formula is C13H25NO3. The Bertz CT molecular complexity index is 245. The monoisotopic (exact) mass is 243 g/mol. The number of aliphatic hydroxyl groups is 1. The highest BCUT2D eigenvalue weighted by Gasteiger charge is 2.33. The van der Waals surface area contributed by atoms with Gasteiger partial charge in [-0.2, -0.15) is 0 Å². The molecule has 17 heavy (non-hydrogen) atoms. The molecule has 0 aromatic rings. The third-order valence-electron chi connectivity index (χ3n) is 3.56. The molecule has 1 aliphatic heterocycles. The van der Waals surface area contributed by atoms with Gasteiger partial charge < -0.3 is 14.7 Å². The lowest BCUT2D eigenvalue weighted by Crippen LogP contribution is -2.46. The second-order valence-corrected chi connectivity index (χ2v) is 5.16. The molecule has 0 aromatic heterocycles. The highest BCUT2D eigenvalue weighted by molar-refractivity contribution is 5.69. The Morgan fingerprint density at radius 1 is 1.41 bits per heavy atom. The van der Waals surface area contributed by atoms with Crippen molar-refractivity contribution >= 4 is 5.97 Å². The molecule has 100 valence electrons. The summed E-state index contributed by atoms with van der Waals surface area (Å²) in [5.41, 5.74) is -0.669. The van der Waals surface area contributed by atoms with E-state index in [1.165, 1.54) is 0 Å². The van der Waals surface area contributed by atoms with E-state index in [0.29, 0.717) is 25.5 Å². The standard InChI is InChI=1S/C13H25NO3/c1-4-17-12(15)5-6-13(16)7-9-14(10-8-13)11(2)3/h11,16H,4-10H2,1-3H3. The molecule has 0 amide bonds. The Morgan fingerprint density at radius 2 is 2.00 bits per heavy atom. The van der Waals surface area contributed by atoms with E-state index in [1.807, 2.05) is 0 Å². The van der Waals surface area contributed by atoms with Crippen LogP contribution in [-0.4, -0.2) is 47.3 Å². The fourth-order valence-electron chi connectivity index (χ4n) is 2.27. The smallest absolute Gasteiger partial charge is 0.305 e. The van der Waals surface area contributed by atoms with Crippen molar-refractivity contribution in [2.75, 3.05) is 19.7 Å². The van der Waals surface area contributed by atoms with Gasteiger partial charge >= 0.3 is 5.97 Å². The van der Waals surface area contributed by atoms with Crippen LogP contribution in [0.2, 0.25) is 0 Å². The maximum absolute atomic E-state index is 11.3. The molecule has 0 unspecified atom stereocenters. The summed E-state index contributed by atoms with van der Waals surface area (Å²) in [4.78, 5) is 13.6. The number of rotatable bonds is 5. The van der Waals surface area contributed by atoms with Gasteiger partial charge in [0.1, 0.15) is 0 Å². The molecule has 0 aliphatic carbocycles. The van der Waals surface area contributed by atoms with Crippen molar-refractivity contribution in [2.24, 2.45) is 0 Å². The average molecular weight is 243 g/mol. The van der Waals surface area contributed by atoms with Crippen molar-refractivity contribution in [3.05, 3.63) is 0 Å². The third kappa shape index (κ3) is 4.64. The number of hydrogen-bond acceptors (Lipinski definition) is 4. The van der Waals surface area contributed by atoms with Gasteiger partial charge in [0, 0.05) is 25.6 Å². The maximum Gasteiger partial charge on any atom is 0.305 e. The number of nitrogens with zero attached hydrogens (tertiary/aromatic N) is 1. The van der Waals surface area contributed by atoms with Gasteiger partial charge in [-0.15, -0.1) is 0 Å². The van der Waals surface area contributed by atoms with E-state index < -0.39 is 5.60 Å². The molecule has 0 saturated carbocycles. The first-order valence-corrected chi connectivity index (χ1v) is 6.59. The Labute approximate surface area is 104 Å². The van der Waals surface area contributed by atoms with Crippen LogP contribution in [0, 0.1) is 0 Å². The second-order valence-electron chi connectivity index (χ2n) is 5.16. The Kier molecular flexibility index (Phi) is 5.40. The van der Waals surface area contributed by atoms with Gasteiger partial charge in [-0.25, -0.2) is 0 Å². The molecule has 1 aliphatic rings. The molecule has 0 radical (unpaired) electrons. The Balaban J connectivity index is 2.32. The summed E-state index contributed by atoms with van der Waals surface area (Å²) in [5.74, 6) is -0.202. The number of carbonyl (C=O) groups is 1. The quantitative estimate of drug-likeness (QED) is 0.745. The number of likely N-dealkylation sites (tertiary alicyclic amines) is 1. The van der Waals surface area contributed by atoms with E-state index in [9.17, 15) is 9.90 Å². The summed E-state index contributed by atoms with van der Waals surface area (Å²) in [7, 11) is 0. The minimum atomic E-state index is -0.669. The van der Waals surface area contributed by atoms with Crippen LogP contribution >= 0.6 is 0 Å². The van der Waals surface area contributed by atoms with Gasteiger partial charge in [-0.1, -0.05) is 0 Å². The Morgan fingerprint density at radius 3 is 2.47 bits per heavy atom. The van der Waals surface area contributed by atoms with Gasteiger partial charge in [0.25, 0.3) is 0 Å². The van der Waals surface area contributed by atoms with E-state index in [1.54, 1.807) is 6.92 Å². The molecular weight excluding hydrogens is 218 g/mol. The van der Waals surface area contributed by atoms with Gasteiger partial charge in [-0.3, -0.25) is 4.79 Å². The number of hydrogen-bond donors (Lipinski definition) is 1. The van der Waals surface area contributed by atoms with Crippen molar-refractivity contribution in [3.8, 4) is 0 Å². The van der Waals surface area contributed by atoms with Crippen LogP contribution in [0.25, 0.3) is 0 Å². The predicted octanol–water partition coefficient (Wildman–Crippen LogP) is 1.56. The van der Waals surface area contributed by atoms with E-state index in [4.69, 9.17) is 4.74 Å². The zero-order valence-electron chi connectivity index (χ0n) is 11.2.